The number of nitrogens with zero attached hydrogens (tertiary/aromatic N) is 1. The largest absolute Gasteiger partial charge is 0.477 e. The van der Waals surface area contributed by atoms with Crippen molar-refractivity contribution in [3.63, 3.8) is 0 Å². The normalized spacial score (nSPS) is 14.6. The van der Waals surface area contributed by atoms with Crippen molar-refractivity contribution in [2.45, 2.75) is 13.0 Å². The molecule has 1 aromatic heterocycles. The van der Waals surface area contributed by atoms with E-state index in [0.717, 1.165) is 16.2 Å². The first-order valence-corrected chi connectivity index (χ1v) is 5.43. The zero-order valence-corrected chi connectivity index (χ0v) is 9.08. The summed E-state index contributed by atoms with van der Waals surface area (Å²) in [5, 5.41) is 17.7. The van der Waals surface area contributed by atoms with Crippen LogP contribution < -0.4 is 5.73 Å². The lowest BCUT2D eigenvalue weighted by molar-refractivity contribution is 0.0703. The molecule has 1 aliphatic heterocycles. The van der Waals surface area contributed by atoms with Crippen LogP contribution in [0, 0.1) is 0 Å². The van der Waals surface area contributed by atoms with Crippen LogP contribution >= 0.6 is 11.3 Å². The minimum absolute atomic E-state index is 0.109. The average Bonchev–Trinajstić information content (AvgIpc) is 2.56. The van der Waals surface area contributed by atoms with E-state index in [2.05, 4.69) is 0 Å². The summed E-state index contributed by atoms with van der Waals surface area (Å²) >= 11 is 1.14. The number of carboxylic acids is 1. The molecule has 1 aliphatic rings. The molecule has 7 heteroatoms. The number of hydrogen-bond acceptors (Lipinski definition) is 4. The first kappa shape index (κ1) is 10.7. The molecule has 1 aromatic rings. The maximum Gasteiger partial charge on any atom is 0.407 e. The van der Waals surface area contributed by atoms with Crippen LogP contribution in [0.4, 0.5) is 10.5 Å². The summed E-state index contributed by atoms with van der Waals surface area (Å²) in [5.41, 5.74) is 6.55. The number of amides is 1. The minimum Gasteiger partial charge on any atom is -0.477 e. The summed E-state index contributed by atoms with van der Waals surface area (Å²) in [6.07, 6.45) is -0.475. The third-order valence-electron chi connectivity index (χ3n) is 2.55. The lowest BCUT2D eigenvalue weighted by atomic mass is 10.1. The van der Waals surface area contributed by atoms with E-state index in [1.165, 1.54) is 4.90 Å². The second-order valence-electron chi connectivity index (χ2n) is 3.51. The van der Waals surface area contributed by atoms with E-state index >= 15 is 0 Å². The van der Waals surface area contributed by atoms with Crippen molar-refractivity contribution in [1.29, 1.82) is 0 Å². The molecule has 6 nitrogen and oxygen atoms in total. The number of rotatable bonds is 1. The predicted molar refractivity (Wildman–Crippen MR) is 57.8 cm³/mol. The van der Waals surface area contributed by atoms with Crippen LogP contribution in [-0.2, 0) is 13.0 Å². The molecule has 86 valence electrons. The fraction of sp³-hybridized carbons (Fsp3) is 0.333. The van der Waals surface area contributed by atoms with E-state index in [9.17, 15) is 9.59 Å². The monoisotopic (exact) mass is 242 g/mol. The van der Waals surface area contributed by atoms with Gasteiger partial charge in [-0.15, -0.1) is 11.3 Å². The molecule has 0 fully saturated rings. The van der Waals surface area contributed by atoms with Crippen LogP contribution in [0.2, 0.25) is 0 Å². The van der Waals surface area contributed by atoms with Gasteiger partial charge < -0.3 is 20.8 Å². The van der Waals surface area contributed by atoms with Gasteiger partial charge in [-0.05, 0) is 6.42 Å². The van der Waals surface area contributed by atoms with Crippen molar-refractivity contribution in [3.05, 3.63) is 15.3 Å². The van der Waals surface area contributed by atoms with Gasteiger partial charge in [-0.2, -0.15) is 0 Å². The Labute approximate surface area is 94.9 Å². The lowest BCUT2D eigenvalue weighted by Crippen LogP contribution is -2.34. The Morgan fingerprint density at radius 3 is 2.62 bits per heavy atom. The summed E-state index contributed by atoms with van der Waals surface area (Å²) in [7, 11) is 0. The summed E-state index contributed by atoms with van der Waals surface area (Å²) in [5.74, 6) is -1.06. The van der Waals surface area contributed by atoms with Crippen LogP contribution in [-0.4, -0.2) is 33.7 Å². The quantitative estimate of drug-likeness (QED) is 0.683. The van der Waals surface area contributed by atoms with Gasteiger partial charge in [0.25, 0.3) is 0 Å². The van der Waals surface area contributed by atoms with Gasteiger partial charge in [-0.3, -0.25) is 0 Å². The molecular formula is C9H10N2O4S. The highest BCUT2D eigenvalue weighted by atomic mass is 32.1. The zero-order chi connectivity index (χ0) is 11.9. The summed E-state index contributed by atoms with van der Waals surface area (Å²) in [6, 6.07) is 0. The molecule has 16 heavy (non-hydrogen) atoms. The van der Waals surface area contributed by atoms with Gasteiger partial charge in [0.1, 0.15) is 4.88 Å². The molecule has 0 aromatic carbocycles. The maximum absolute atomic E-state index is 10.9. The van der Waals surface area contributed by atoms with Crippen LogP contribution in [0.15, 0.2) is 0 Å². The molecule has 2 rings (SSSR count). The molecule has 0 saturated heterocycles. The van der Waals surface area contributed by atoms with Crippen LogP contribution in [0.25, 0.3) is 0 Å². The van der Waals surface area contributed by atoms with Crippen molar-refractivity contribution in [1.82, 2.24) is 4.90 Å². The van der Waals surface area contributed by atoms with E-state index in [-0.39, 0.29) is 17.1 Å². The molecule has 0 aliphatic carbocycles. The maximum atomic E-state index is 10.9. The van der Waals surface area contributed by atoms with Gasteiger partial charge in [0.15, 0.2) is 0 Å². The van der Waals surface area contributed by atoms with Gasteiger partial charge in [-0.1, -0.05) is 0 Å². The number of anilines is 1. The second-order valence-corrected chi connectivity index (χ2v) is 4.61. The topological polar surface area (TPSA) is 104 Å². The van der Waals surface area contributed by atoms with Crippen LogP contribution in [0.1, 0.15) is 20.1 Å². The third kappa shape index (κ3) is 1.58. The Balaban J connectivity index is 2.38. The zero-order valence-electron chi connectivity index (χ0n) is 8.27. The Bertz CT molecular complexity index is 468. The molecule has 0 spiro atoms. The molecule has 1 amide bonds. The van der Waals surface area contributed by atoms with E-state index in [1.54, 1.807) is 0 Å². The molecular weight excluding hydrogens is 232 g/mol. The number of thiophene rings is 1. The number of hydrogen-bond donors (Lipinski definition) is 3. The summed E-state index contributed by atoms with van der Waals surface area (Å²) in [6.45, 7) is 0.571. The smallest absolute Gasteiger partial charge is 0.407 e. The number of nitrogens with two attached hydrogens (primary N) is 1. The Morgan fingerprint density at radius 1 is 1.38 bits per heavy atom. The molecule has 0 saturated carbocycles. The van der Waals surface area contributed by atoms with Crippen molar-refractivity contribution in [2.75, 3.05) is 12.3 Å². The number of carbonyl (C=O) groups is 2. The standard InChI is InChI=1S/C9H10N2O4S/c10-6-4-3-11(9(14)15)2-1-5(4)16-7(6)8(12)13/h1-3,10H2,(H,12,13)(H,14,15). The molecule has 0 bridgehead atoms. The third-order valence-corrected chi connectivity index (χ3v) is 3.85. The molecule has 2 heterocycles. The highest BCUT2D eigenvalue weighted by Crippen LogP contribution is 2.35. The minimum atomic E-state index is -1.06. The number of aromatic carboxylic acids is 1. The van der Waals surface area contributed by atoms with Gasteiger partial charge >= 0.3 is 12.1 Å². The SMILES string of the molecule is Nc1c(C(=O)O)sc2c1CN(C(=O)O)CC2. The van der Waals surface area contributed by atoms with Gasteiger partial charge in [0.05, 0.1) is 12.2 Å². The number of carboxylic acid groups (broad SMARTS) is 2. The Kier molecular flexibility index (Phi) is 2.47. The van der Waals surface area contributed by atoms with Crippen molar-refractivity contribution in [2.24, 2.45) is 0 Å². The van der Waals surface area contributed by atoms with E-state index < -0.39 is 12.1 Å². The first-order valence-electron chi connectivity index (χ1n) is 4.62. The molecule has 0 atom stereocenters. The van der Waals surface area contributed by atoms with Crippen molar-refractivity contribution >= 4 is 29.1 Å². The van der Waals surface area contributed by atoms with Crippen LogP contribution in [0.3, 0.4) is 0 Å². The predicted octanol–water partition coefficient (Wildman–Crippen LogP) is 1.06. The van der Waals surface area contributed by atoms with E-state index in [0.29, 0.717) is 18.5 Å². The van der Waals surface area contributed by atoms with E-state index in [4.69, 9.17) is 15.9 Å². The Morgan fingerprint density at radius 2 is 2.06 bits per heavy atom. The lowest BCUT2D eigenvalue weighted by Gasteiger charge is -2.24. The number of nitrogen functional groups attached to an aromatic ring is 1. The molecule has 0 radical (unpaired) electrons. The fourth-order valence-electron chi connectivity index (χ4n) is 1.73. The van der Waals surface area contributed by atoms with Gasteiger partial charge in [0.2, 0.25) is 0 Å². The highest BCUT2D eigenvalue weighted by molar-refractivity contribution is 7.14. The summed E-state index contributed by atoms with van der Waals surface area (Å²) in [4.78, 5) is 23.9. The van der Waals surface area contributed by atoms with Gasteiger partial charge in [-0.25, -0.2) is 9.59 Å². The van der Waals surface area contributed by atoms with Crippen molar-refractivity contribution in [3.8, 4) is 0 Å². The highest BCUT2D eigenvalue weighted by Gasteiger charge is 2.27. The summed E-state index contributed by atoms with van der Waals surface area (Å²) < 4.78 is 0. The van der Waals surface area contributed by atoms with Gasteiger partial charge in [0, 0.05) is 17.0 Å². The second kappa shape index (κ2) is 3.67. The average molecular weight is 242 g/mol. The molecule has 0 unspecified atom stereocenters. The van der Waals surface area contributed by atoms with Crippen molar-refractivity contribution < 1.29 is 19.8 Å². The van der Waals surface area contributed by atoms with Crippen LogP contribution in [0.5, 0.6) is 0 Å². The molecule has 4 N–H and O–H groups in total. The first-order chi connectivity index (χ1) is 7.50. The number of fused-ring (bicyclic) bond motifs is 1. The fourth-order valence-corrected chi connectivity index (χ4v) is 2.79. The Hall–Kier alpha value is -1.76. The van der Waals surface area contributed by atoms with E-state index in [1.807, 2.05) is 0 Å².